The van der Waals surface area contributed by atoms with Crippen LogP contribution in [-0.4, -0.2) is 156 Å². The Morgan fingerprint density at radius 2 is 0.658 bits per heavy atom. The van der Waals surface area contributed by atoms with Gasteiger partial charge in [0, 0.05) is 97.6 Å². The third-order valence-electron chi connectivity index (χ3n) is 17.7. The van der Waals surface area contributed by atoms with Gasteiger partial charge < -0.3 is 63.1 Å². The summed E-state index contributed by atoms with van der Waals surface area (Å²) in [5, 5.41) is 7.98. The van der Waals surface area contributed by atoms with Gasteiger partial charge in [-0.2, -0.15) is 52.7 Å². The number of Topliss-reactive ketones (excluding diaryl/α,β-unsaturated/α-hetero) is 2. The summed E-state index contributed by atoms with van der Waals surface area (Å²) in [6.07, 6.45) is -14.2. The number of benzene rings is 5. The number of alkyl halides is 12. The van der Waals surface area contributed by atoms with E-state index in [-0.39, 0.29) is 120 Å². The molecule has 3 amide bonds. The summed E-state index contributed by atoms with van der Waals surface area (Å²) in [6.45, 7) is 54.4. The average molecular weight is 1670 g/mol. The van der Waals surface area contributed by atoms with Gasteiger partial charge in [0.25, 0.3) is 17.7 Å². The summed E-state index contributed by atoms with van der Waals surface area (Å²) in [5.41, 5.74) is 22.2. The molecular formula is C87H137F12N13O5. The number of nitrogens with one attached hydrogen (secondary N) is 3. The van der Waals surface area contributed by atoms with Crippen molar-refractivity contribution in [1.82, 2.24) is 45.1 Å². The van der Waals surface area contributed by atoms with E-state index in [2.05, 4.69) is 124 Å². The molecule has 0 aliphatic rings. The van der Waals surface area contributed by atoms with E-state index < -0.39 is 58.8 Å². The molecule has 5 aromatic carbocycles. The largest absolute Gasteiger partial charge is 0.416 e. The SMILES string of the molecule is CC(C)C(=O)Cc1ccc(CN)c(C(F)(F)F)c1.CC(C)C(=O)Cc1ccc(CN)c(C(F)(F)F)c1.CC(C)NC(=O)c1ccc(CN)c(C(F)(F)F)c1.CC(C)NC(=O)c1ccc(CN)c(C(F)(F)F)c1.CCN(C)CC.CCN(C)CC.CCN(CC)CC.CCN(CC)CC.Cc1cc(C(=O)NC(C)C)cc(-n2cnc(C)c2)c1. The second-order valence-electron chi connectivity index (χ2n) is 28.7. The van der Waals surface area contributed by atoms with E-state index in [0.29, 0.717) is 16.7 Å². The second kappa shape index (κ2) is 57.9. The van der Waals surface area contributed by atoms with E-state index in [0.717, 1.165) is 67.4 Å². The molecule has 664 valence electrons. The van der Waals surface area contributed by atoms with Crippen LogP contribution in [0.15, 0.2) is 104 Å². The molecule has 6 aromatic rings. The zero-order valence-corrected chi connectivity index (χ0v) is 73.6. The van der Waals surface area contributed by atoms with Gasteiger partial charge in [0.2, 0.25) is 0 Å². The van der Waals surface area contributed by atoms with Crippen LogP contribution in [0.4, 0.5) is 52.7 Å². The molecule has 0 aliphatic heterocycles. The Morgan fingerprint density at radius 3 is 0.872 bits per heavy atom. The highest BCUT2D eigenvalue weighted by Crippen LogP contribution is 2.36. The van der Waals surface area contributed by atoms with E-state index in [4.69, 9.17) is 22.9 Å². The van der Waals surface area contributed by atoms with E-state index in [1.165, 1.54) is 87.8 Å². The van der Waals surface area contributed by atoms with Crippen LogP contribution in [0, 0.1) is 25.7 Å². The normalized spacial score (nSPS) is 11.3. The summed E-state index contributed by atoms with van der Waals surface area (Å²) >= 11 is 0. The van der Waals surface area contributed by atoms with Crippen molar-refractivity contribution in [3.63, 3.8) is 0 Å². The Balaban J connectivity index is -0.00000129. The van der Waals surface area contributed by atoms with Gasteiger partial charge in [0.05, 0.1) is 34.3 Å². The summed E-state index contributed by atoms with van der Waals surface area (Å²) in [7, 11) is 4.22. The van der Waals surface area contributed by atoms with E-state index in [9.17, 15) is 76.7 Å². The fourth-order valence-corrected chi connectivity index (χ4v) is 9.91. The molecule has 6 rings (SSSR count). The topological polar surface area (TPSA) is 256 Å². The highest BCUT2D eigenvalue weighted by molar-refractivity contribution is 5.96. The monoisotopic (exact) mass is 1670 g/mol. The number of carbonyl (C=O) groups excluding carboxylic acids is 5. The maximum Gasteiger partial charge on any atom is 0.416 e. The smallest absolute Gasteiger partial charge is 0.350 e. The lowest BCUT2D eigenvalue weighted by atomic mass is 9.97. The van der Waals surface area contributed by atoms with Crippen LogP contribution in [0.2, 0.25) is 0 Å². The van der Waals surface area contributed by atoms with Crippen LogP contribution < -0.4 is 38.9 Å². The molecule has 0 fully saturated rings. The zero-order chi connectivity index (χ0) is 91.1. The fraction of sp³-hybridized carbons (Fsp3) is 0.563. The molecule has 0 bridgehead atoms. The molecule has 0 radical (unpaired) electrons. The van der Waals surface area contributed by atoms with Crippen molar-refractivity contribution in [2.75, 3.05) is 79.5 Å². The number of carbonyl (C=O) groups is 5. The molecule has 0 spiro atoms. The number of halogens is 12. The maximum absolute atomic E-state index is 12.8. The highest BCUT2D eigenvalue weighted by atomic mass is 19.4. The minimum atomic E-state index is -4.51. The molecule has 0 saturated carbocycles. The molecule has 18 nitrogen and oxygen atoms in total. The molecule has 0 atom stereocenters. The minimum Gasteiger partial charge on any atom is -0.350 e. The number of rotatable bonds is 27. The van der Waals surface area contributed by atoms with Gasteiger partial charge in [0.1, 0.15) is 11.6 Å². The molecule has 0 unspecified atom stereocenters. The Morgan fingerprint density at radius 1 is 0.385 bits per heavy atom. The van der Waals surface area contributed by atoms with Crippen molar-refractivity contribution in [1.29, 1.82) is 0 Å². The number of amides is 3. The van der Waals surface area contributed by atoms with Crippen molar-refractivity contribution in [3.8, 4) is 5.69 Å². The van der Waals surface area contributed by atoms with Crippen molar-refractivity contribution in [3.05, 3.63) is 187 Å². The lowest BCUT2D eigenvalue weighted by Gasteiger charge is -2.14. The number of aromatic nitrogens is 2. The summed E-state index contributed by atoms with van der Waals surface area (Å²) in [4.78, 5) is 71.8. The lowest BCUT2D eigenvalue weighted by molar-refractivity contribution is -0.139. The van der Waals surface area contributed by atoms with E-state index >= 15 is 0 Å². The molecule has 117 heavy (non-hydrogen) atoms. The van der Waals surface area contributed by atoms with Gasteiger partial charge in [-0.15, -0.1) is 0 Å². The molecule has 1 aromatic heterocycles. The van der Waals surface area contributed by atoms with Crippen molar-refractivity contribution < 1.29 is 76.7 Å². The first-order valence-corrected chi connectivity index (χ1v) is 39.8. The van der Waals surface area contributed by atoms with Crippen LogP contribution in [0.3, 0.4) is 0 Å². The Kier molecular flexibility index (Phi) is 56.0. The number of imidazole rings is 1. The standard InChI is InChI=1S/C15H19N3O.2C13H16F3NO.2C12H15F3N2O.2C6H15N.2C5H13N/c1-10(2)17-15(19)13-5-11(3)6-14(7-13)18-8-12(4)16-9-18;2*1-8(2)12(18)6-9-3-4-10(7-17)11(5-9)13(14,15)16;2*1-7(2)17-11(18)8-3-4-9(6-16)10(5-8)12(13,14)15;2*1-4-7(5-2)6-3;2*1-4-6(3)5-2/h5-10H,1-4H3,(H,17,19);2*3-5,8H,6-7,17H2,1-2H3;2*3-5,7H,6,16H2,1-2H3,(H,17,18);2*4-6H2,1-3H3;2*4-5H2,1-3H3. The summed E-state index contributed by atoms with van der Waals surface area (Å²) < 4.78 is 155. The number of nitrogens with zero attached hydrogens (tertiary/aromatic N) is 6. The quantitative estimate of drug-likeness (QED) is 0.0237. The van der Waals surface area contributed by atoms with Crippen LogP contribution >= 0.6 is 0 Å². The van der Waals surface area contributed by atoms with Crippen LogP contribution in [0.1, 0.15) is 236 Å². The summed E-state index contributed by atoms with van der Waals surface area (Å²) in [5.74, 6) is -1.63. The molecule has 1 heterocycles. The van der Waals surface area contributed by atoms with Crippen LogP contribution in [0.5, 0.6) is 0 Å². The first kappa shape index (κ1) is 113. The van der Waals surface area contributed by atoms with Crippen LogP contribution in [0.25, 0.3) is 5.69 Å². The van der Waals surface area contributed by atoms with Gasteiger partial charge in [0.15, 0.2) is 0 Å². The molecule has 11 N–H and O–H groups in total. The van der Waals surface area contributed by atoms with E-state index in [1.807, 2.05) is 56.7 Å². The third kappa shape index (κ3) is 46.7. The number of hydrogen-bond acceptors (Lipinski definition) is 14. The first-order chi connectivity index (χ1) is 54.3. The average Bonchev–Trinajstić information content (AvgIpc) is 1.10. The Hall–Kier alpha value is -8.10. The lowest BCUT2D eigenvalue weighted by Crippen LogP contribution is -2.30. The fourth-order valence-electron chi connectivity index (χ4n) is 9.91. The van der Waals surface area contributed by atoms with Gasteiger partial charge in [-0.3, -0.25) is 24.0 Å². The Bertz CT molecular complexity index is 3600. The Labute approximate surface area is 689 Å². The van der Waals surface area contributed by atoms with E-state index in [1.54, 1.807) is 61.7 Å². The predicted octanol–water partition coefficient (Wildman–Crippen LogP) is 17.7. The number of aryl methyl sites for hydroxylation is 2. The van der Waals surface area contributed by atoms with Crippen molar-refractivity contribution >= 4 is 29.3 Å². The molecule has 0 saturated heterocycles. The van der Waals surface area contributed by atoms with Crippen molar-refractivity contribution in [2.45, 2.75) is 234 Å². The number of nitrogens with two attached hydrogens (primary N) is 4. The molecule has 0 aliphatic carbocycles. The first-order valence-electron chi connectivity index (χ1n) is 39.8. The van der Waals surface area contributed by atoms with Gasteiger partial charge in [-0.1, -0.05) is 133 Å². The predicted molar refractivity (Wildman–Crippen MR) is 450 cm³/mol. The highest BCUT2D eigenvalue weighted by Gasteiger charge is 2.37. The number of ketones is 2. The summed E-state index contributed by atoms with van der Waals surface area (Å²) in [6, 6.07) is 20.2. The minimum absolute atomic E-state index is 0.0194. The molecular weight excluding hydrogens is 1540 g/mol. The van der Waals surface area contributed by atoms with Gasteiger partial charge in [-0.05, 0) is 228 Å². The van der Waals surface area contributed by atoms with Crippen molar-refractivity contribution in [2.24, 2.45) is 34.8 Å². The second-order valence-corrected chi connectivity index (χ2v) is 28.7. The van der Waals surface area contributed by atoms with Gasteiger partial charge in [-0.25, -0.2) is 4.98 Å². The van der Waals surface area contributed by atoms with Gasteiger partial charge >= 0.3 is 24.7 Å². The third-order valence-corrected chi connectivity index (χ3v) is 17.7. The van der Waals surface area contributed by atoms with Crippen LogP contribution in [-0.2, 0) is 73.3 Å². The number of hydrogen-bond donors (Lipinski definition) is 7. The maximum atomic E-state index is 12.8. The zero-order valence-electron chi connectivity index (χ0n) is 73.6. The molecule has 30 heteroatoms.